The van der Waals surface area contributed by atoms with Gasteiger partial charge in [0.1, 0.15) is 0 Å². The Labute approximate surface area is 109 Å². The van der Waals surface area contributed by atoms with E-state index in [2.05, 4.69) is 27.9 Å². The summed E-state index contributed by atoms with van der Waals surface area (Å²) in [5, 5.41) is 2.69. The first-order chi connectivity index (χ1) is 7.28. The van der Waals surface area contributed by atoms with Crippen molar-refractivity contribution in [2.24, 2.45) is 0 Å². The summed E-state index contributed by atoms with van der Waals surface area (Å²) >= 11 is 2.14. The summed E-state index contributed by atoms with van der Waals surface area (Å²) in [5.41, 5.74) is 5.85. The lowest BCUT2D eigenvalue weighted by atomic mass is 10.1. The molecule has 0 atom stereocenters. The van der Waals surface area contributed by atoms with Gasteiger partial charge in [-0.25, -0.2) is 4.79 Å². The van der Waals surface area contributed by atoms with Gasteiger partial charge >= 0.3 is 6.09 Å². The molecule has 5 heteroatoms. The maximum absolute atomic E-state index is 11.5. The van der Waals surface area contributed by atoms with Gasteiger partial charge in [0, 0.05) is 9.11 Å². The largest absolute Gasteiger partial charge is 0.413 e. The fraction of sp³-hybridized carbons (Fsp3) is 0.364. The number of hydrogen-bond acceptors (Lipinski definition) is 3. The lowest BCUT2D eigenvalue weighted by molar-refractivity contribution is 0.191. The van der Waals surface area contributed by atoms with Crippen molar-refractivity contribution in [3.05, 3.63) is 21.8 Å². The molecule has 0 radical (unpaired) electrons. The van der Waals surface area contributed by atoms with E-state index >= 15 is 0 Å². The van der Waals surface area contributed by atoms with Crippen LogP contribution in [0.3, 0.4) is 0 Å². The molecule has 0 aliphatic rings. The van der Waals surface area contributed by atoms with E-state index in [-0.39, 0.29) is 5.54 Å². The van der Waals surface area contributed by atoms with Crippen LogP contribution in [0.15, 0.2) is 18.2 Å². The van der Waals surface area contributed by atoms with E-state index < -0.39 is 6.09 Å². The summed E-state index contributed by atoms with van der Waals surface area (Å²) in [6.07, 6.45) is -0.500. The number of hydrogen-bond donors (Lipinski definition) is 2. The van der Waals surface area contributed by atoms with Crippen LogP contribution in [0.2, 0.25) is 0 Å². The third-order valence-electron chi connectivity index (χ3n) is 1.65. The molecule has 0 saturated carbocycles. The number of nitrogen functional groups attached to an aromatic ring is 1. The normalized spacial score (nSPS) is 11.0. The molecule has 0 aliphatic heterocycles. The number of nitrogens with two attached hydrogens (primary N) is 1. The van der Waals surface area contributed by atoms with E-state index in [4.69, 9.17) is 10.5 Å². The van der Waals surface area contributed by atoms with E-state index in [1.807, 2.05) is 26.8 Å². The SMILES string of the molecule is CC(C)(C)NC(=O)Oc1ccc(I)cc1N. The molecule has 0 fully saturated rings. The number of nitrogens with one attached hydrogen (secondary N) is 1. The van der Waals surface area contributed by atoms with Gasteiger partial charge in [-0.15, -0.1) is 0 Å². The van der Waals surface area contributed by atoms with Gasteiger partial charge in [0.2, 0.25) is 0 Å². The smallest absolute Gasteiger partial charge is 0.408 e. The molecule has 1 rings (SSSR count). The molecule has 1 aromatic rings. The summed E-state index contributed by atoms with van der Waals surface area (Å²) in [7, 11) is 0. The quantitative estimate of drug-likeness (QED) is 0.613. The number of carbonyl (C=O) groups excluding carboxylic acids is 1. The highest BCUT2D eigenvalue weighted by atomic mass is 127. The highest BCUT2D eigenvalue weighted by molar-refractivity contribution is 14.1. The van der Waals surface area contributed by atoms with Crippen LogP contribution in [0.4, 0.5) is 10.5 Å². The molecule has 0 heterocycles. The van der Waals surface area contributed by atoms with Gasteiger partial charge in [0.25, 0.3) is 0 Å². The molecule has 0 aliphatic carbocycles. The number of ether oxygens (including phenoxy) is 1. The highest BCUT2D eigenvalue weighted by Gasteiger charge is 2.16. The van der Waals surface area contributed by atoms with Crippen LogP contribution in [-0.4, -0.2) is 11.6 Å². The second-order valence-corrected chi connectivity index (χ2v) is 5.69. The first-order valence-corrected chi connectivity index (χ1v) is 5.91. The predicted molar refractivity (Wildman–Crippen MR) is 72.5 cm³/mol. The van der Waals surface area contributed by atoms with Crippen LogP contribution in [0.5, 0.6) is 5.75 Å². The molecule has 88 valence electrons. The summed E-state index contributed by atoms with van der Waals surface area (Å²) in [4.78, 5) is 11.5. The van der Waals surface area contributed by atoms with E-state index in [9.17, 15) is 4.79 Å². The van der Waals surface area contributed by atoms with Gasteiger partial charge in [-0.1, -0.05) is 0 Å². The number of amides is 1. The number of halogens is 1. The Morgan fingerprint density at radius 1 is 1.44 bits per heavy atom. The maximum atomic E-state index is 11.5. The van der Waals surface area contributed by atoms with Crippen LogP contribution in [0.1, 0.15) is 20.8 Å². The van der Waals surface area contributed by atoms with Crippen LogP contribution in [0.25, 0.3) is 0 Å². The lowest BCUT2D eigenvalue weighted by Crippen LogP contribution is -2.42. The Hall–Kier alpha value is -0.980. The zero-order valence-electron chi connectivity index (χ0n) is 9.50. The van der Waals surface area contributed by atoms with Gasteiger partial charge in [0.15, 0.2) is 5.75 Å². The molecular formula is C11H15IN2O2. The topological polar surface area (TPSA) is 64.3 Å². The zero-order valence-corrected chi connectivity index (χ0v) is 11.7. The van der Waals surface area contributed by atoms with Crippen molar-refractivity contribution in [1.82, 2.24) is 5.32 Å². The van der Waals surface area contributed by atoms with Gasteiger partial charge in [-0.3, -0.25) is 0 Å². The first-order valence-electron chi connectivity index (χ1n) is 4.83. The second kappa shape index (κ2) is 4.90. The zero-order chi connectivity index (χ0) is 12.3. The predicted octanol–water partition coefficient (Wildman–Crippen LogP) is 2.76. The molecule has 0 bridgehead atoms. The van der Waals surface area contributed by atoms with Crippen LogP contribution in [-0.2, 0) is 0 Å². The van der Waals surface area contributed by atoms with Gasteiger partial charge < -0.3 is 15.8 Å². The number of anilines is 1. The first kappa shape index (κ1) is 13.1. The van der Waals surface area contributed by atoms with Crippen molar-refractivity contribution in [2.75, 3.05) is 5.73 Å². The molecule has 0 spiro atoms. The summed E-state index contributed by atoms with van der Waals surface area (Å²) < 4.78 is 6.10. The fourth-order valence-corrected chi connectivity index (χ4v) is 1.56. The monoisotopic (exact) mass is 334 g/mol. The Morgan fingerprint density at radius 2 is 2.06 bits per heavy atom. The third kappa shape index (κ3) is 4.26. The third-order valence-corrected chi connectivity index (χ3v) is 2.32. The van der Waals surface area contributed by atoms with Crippen molar-refractivity contribution in [1.29, 1.82) is 0 Å². The van der Waals surface area contributed by atoms with Crippen LogP contribution >= 0.6 is 22.6 Å². The average molecular weight is 334 g/mol. The molecule has 0 unspecified atom stereocenters. The fourth-order valence-electron chi connectivity index (χ4n) is 1.04. The molecule has 0 aromatic heterocycles. The van der Waals surface area contributed by atoms with Crippen molar-refractivity contribution in [2.45, 2.75) is 26.3 Å². The number of benzene rings is 1. The van der Waals surface area contributed by atoms with Crippen molar-refractivity contribution < 1.29 is 9.53 Å². The van der Waals surface area contributed by atoms with Crippen molar-refractivity contribution >= 4 is 34.4 Å². The molecular weight excluding hydrogens is 319 g/mol. The average Bonchev–Trinajstić information content (AvgIpc) is 2.06. The maximum Gasteiger partial charge on any atom is 0.413 e. The Morgan fingerprint density at radius 3 is 2.56 bits per heavy atom. The standard InChI is InChI=1S/C11H15IN2O2/c1-11(2,3)14-10(15)16-9-5-4-7(12)6-8(9)13/h4-6H,13H2,1-3H3,(H,14,15). The summed E-state index contributed by atoms with van der Waals surface area (Å²) in [6, 6.07) is 5.26. The van der Waals surface area contributed by atoms with Crippen LogP contribution in [0, 0.1) is 3.57 Å². The number of rotatable bonds is 1. The van der Waals surface area contributed by atoms with Crippen LogP contribution < -0.4 is 15.8 Å². The Balaban J connectivity index is 2.70. The van der Waals surface area contributed by atoms with Crippen molar-refractivity contribution in [3.63, 3.8) is 0 Å². The van der Waals surface area contributed by atoms with Gasteiger partial charge in [-0.2, -0.15) is 0 Å². The van der Waals surface area contributed by atoms with E-state index in [1.54, 1.807) is 12.1 Å². The molecule has 4 nitrogen and oxygen atoms in total. The molecule has 1 aromatic carbocycles. The van der Waals surface area contributed by atoms with Gasteiger partial charge in [-0.05, 0) is 61.6 Å². The molecule has 16 heavy (non-hydrogen) atoms. The van der Waals surface area contributed by atoms with Gasteiger partial charge in [0.05, 0.1) is 5.69 Å². The molecule has 0 saturated heterocycles. The molecule has 1 amide bonds. The van der Waals surface area contributed by atoms with Crippen molar-refractivity contribution in [3.8, 4) is 5.75 Å². The highest BCUT2D eigenvalue weighted by Crippen LogP contribution is 2.23. The summed E-state index contributed by atoms with van der Waals surface area (Å²) in [5.74, 6) is 0.377. The summed E-state index contributed by atoms with van der Waals surface area (Å²) in [6.45, 7) is 5.64. The van der Waals surface area contributed by atoms with E-state index in [0.717, 1.165) is 3.57 Å². The van der Waals surface area contributed by atoms with E-state index in [0.29, 0.717) is 11.4 Å². The Kier molecular flexibility index (Phi) is 4.01. The Bertz CT molecular complexity index is 399. The number of carbonyl (C=O) groups is 1. The minimum atomic E-state index is -0.500. The second-order valence-electron chi connectivity index (χ2n) is 4.45. The molecule has 3 N–H and O–H groups in total. The lowest BCUT2D eigenvalue weighted by Gasteiger charge is -2.20. The minimum absolute atomic E-state index is 0.324. The van der Waals surface area contributed by atoms with E-state index in [1.165, 1.54) is 0 Å². The minimum Gasteiger partial charge on any atom is -0.408 e.